The second-order valence-electron chi connectivity index (χ2n) is 18.3. The number of hydrogen-bond donors (Lipinski definition) is 6. The lowest BCUT2D eigenvalue weighted by Gasteiger charge is -2.53. The average Bonchev–Trinajstić information content (AvgIpc) is 3.50. The Hall–Kier alpha value is -3.77. The molecule has 9 atom stereocenters. The summed E-state index contributed by atoms with van der Waals surface area (Å²) in [7, 11) is 3.40. The summed E-state index contributed by atoms with van der Waals surface area (Å²) in [4.78, 5) is 85.5. The summed E-state index contributed by atoms with van der Waals surface area (Å²) < 4.78 is 0. The number of thioether (sulfide) groups is 3. The molecule has 6 rings (SSSR count). The number of carbonyl (C=O) groups is 6. The van der Waals surface area contributed by atoms with Crippen molar-refractivity contribution in [2.24, 2.45) is 10.8 Å². The van der Waals surface area contributed by atoms with Gasteiger partial charge in [-0.2, -0.15) is 11.8 Å². The number of carbonyl (C=O) groups excluding carboxylic acids is 6. The molecule has 4 aliphatic heterocycles. The van der Waals surface area contributed by atoms with Crippen molar-refractivity contribution < 1.29 is 28.8 Å². The minimum absolute atomic E-state index is 0.170. The molecule has 6 N–H and O–H groups in total. The highest BCUT2D eigenvalue weighted by Crippen LogP contribution is 2.47. The second kappa shape index (κ2) is 20.0. The molecular weight excluding hydrogens is 845 g/mol. The van der Waals surface area contributed by atoms with Crippen LogP contribution in [0.3, 0.4) is 0 Å². The third-order valence-corrected chi connectivity index (χ3v) is 16.8. The maximum absolute atomic E-state index is 14.2. The molecule has 0 saturated carbocycles. The molecule has 4 saturated heterocycles. The van der Waals surface area contributed by atoms with Gasteiger partial charge in [0, 0.05) is 34.2 Å². The Balaban J connectivity index is 1.09. The van der Waals surface area contributed by atoms with Crippen LogP contribution in [-0.4, -0.2) is 129 Å². The Kier molecular flexibility index (Phi) is 15.4. The Bertz CT molecular complexity index is 1980. The molecule has 4 heterocycles. The smallest absolute Gasteiger partial charge is 0.257 e. The highest BCUT2D eigenvalue weighted by Gasteiger charge is 2.55. The number of hydrogen-bond acceptors (Lipinski definition) is 11. The molecule has 338 valence electrons. The molecule has 0 aliphatic carbocycles. The largest absolute Gasteiger partial charge is 0.343 e. The van der Waals surface area contributed by atoms with E-state index in [9.17, 15) is 28.8 Å². The Labute approximate surface area is 379 Å². The van der Waals surface area contributed by atoms with Crippen LogP contribution in [0.15, 0.2) is 48.5 Å². The molecule has 0 spiro atoms. The van der Waals surface area contributed by atoms with Gasteiger partial charge in [0.15, 0.2) is 5.37 Å². The van der Waals surface area contributed by atoms with E-state index < -0.39 is 46.4 Å². The van der Waals surface area contributed by atoms with E-state index in [0.717, 1.165) is 29.1 Å². The maximum atomic E-state index is 14.2. The molecule has 17 heteroatoms. The number of rotatable bonds is 12. The normalized spacial score (nSPS) is 27.9. The van der Waals surface area contributed by atoms with E-state index in [4.69, 9.17) is 0 Å². The molecule has 2 bridgehead atoms. The lowest BCUT2D eigenvalue weighted by atomic mass is 9.73. The third-order valence-electron chi connectivity index (χ3n) is 12.8. The molecule has 0 radical (unpaired) electrons. The summed E-state index contributed by atoms with van der Waals surface area (Å²) in [5.74, 6) is 0.759. The molecule has 4 aliphatic rings. The first-order chi connectivity index (χ1) is 29.3. The van der Waals surface area contributed by atoms with Crippen molar-refractivity contribution in [1.82, 2.24) is 31.1 Å². The molecule has 2 aromatic carbocycles. The van der Waals surface area contributed by atoms with E-state index in [1.54, 1.807) is 49.5 Å². The van der Waals surface area contributed by atoms with Gasteiger partial charge in [0.05, 0.1) is 17.5 Å². The SMILES string of the molecule is CN[C@@H](C)C(=O)N[C@H]1CCS[C@H]2CC(C)(C)[C@@H](C(=O)Nc3ccc(Cc4ccc(NC(=O)[C@H]5N6C(=O)[C@@H](NC(=O)[C@H](C)NC)SCCSC6CC5(C)C)cc4)cc3)N(C1=O)C2C. The lowest BCUT2D eigenvalue weighted by molar-refractivity contribution is -0.152. The summed E-state index contributed by atoms with van der Waals surface area (Å²) in [6.45, 7) is 13.6. The number of anilines is 2. The van der Waals surface area contributed by atoms with Crippen LogP contribution in [0.1, 0.15) is 78.9 Å². The van der Waals surface area contributed by atoms with Crippen LogP contribution in [-0.2, 0) is 35.2 Å². The van der Waals surface area contributed by atoms with Crippen LogP contribution >= 0.6 is 35.3 Å². The number of likely N-dealkylation sites (N-methyl/N-ethyl adjacent to an activating group) is 2. The van der Waals surface area contributed by atoms with Gasteiger partial charge >= 0.3 is 0 Å². The number of benzene rings is 2. The quantitative estimate of drug-likeness (QED) is 0.179. The second-order valence-corrected chi connectivity index (χ2v) is 22.2. The number of piperidine rings is 1. The minimum Gasteiger partial charge on any atom is -0.343 e. The topological polar surface area (TPSA) is 181 Å². The van der Waals surface area contributed by atoms with E-state index in [-0.39, 0.29) is 52.1 Å². The molecule has 2 unspecified atom stereocenters. The van der Waals surface area contributed by atoms with Crippen LogP contribution in [0, 0.1) is 10.8 Å². The van der Waals surface area contributed by atoms with Gasteiger partial charge in [0.25, 0.3) is 5.91 Å². The fourth-order valence-electron chi connectivity index (χ4n) is 9.01. The molecule has 6 amide bonds. The fraction of sp³-hybridized carbons (Fsp3) is 0.600. The van der Waals surface area contributed by atoms with E-state index in [1.807, 2.05) is 94.9 Å². The van der Waals surface area contributed by atoms with Crippen molar-refractivity contribution >= 4 is 82.1 Å². The molecule has 2 aromatic rings. The monoisotopic (exact) mass is 908 g/mol. The summed E-state index contributed by atoms with van der Waals surface area (Å²) in [6, 6.07) is 12.0. The van der Waals surface area contributed by atoms with Crippen LogP contribution in [0.25, 0.3) is 0 Å². The van der Waals surface area contributed by atoms with Crippen molar-refractivity contribution in [1.29, 1.82) is 0 Å². The van der Waals surface area contributed by atoms with Gasteiger partial charge in [-0.25, -0.2) is 0 Å². The first-order valence-electron chi connectivity index (χ1n) is 21.6. The van der Waals surface area contributed by atoms with Gasteiger partial charge in [-0.05, 0) is 113 Å². The lowest BCUT2D eigenvalue weighted by Crippen LogP contribution is -2.68. The van der Waals surface area contributed by atoms with E-state index in [2.05, 4.69) is 31.9 Å². The molecular formula is C45H64N8O6S3. The zero-order chi connectivity index (χ0) is 45.1. The van der Waals surface area contributed by atoms with Crippen molar-refractivity contribution in [2.75, 3.05) is 42.0 Å². The van der Waals surface area contributed by atoms with Gasteiger partial charge in [-0.1, -0.05) is 52.0 Å². The van der Waals surface area contributed by atoms with E-state index in [0.29, 0.717) is 36.4 Å². The summed E-state index contributed by atoms with van der Waals surface area (Å²) in [5.41, 5.74) is 2.29. The van der Waals surface area contributed by atoms with Gasteiger partial charge in [0.2, 0.25) is 29.5 Å². The van der Waals surface area contributed by atoms with Crippen molar-refractivity contribution in [3.63, 3.8) is 0 Å². The van der Waals surface area contributed by atoms with Gasteiger partial charge in [-0.15, -0.1) is 23.5 Å². The first-order valence-corrected chi connectivity index (χ1v) is 24.7. The zero-order valence-electron chi connectivity index (χ0n) is 37.3. The summed E-state index contributed by atoms with van der Waals surface area (Å²) in [6.07, 6.45) is 2.56. The van der Waals surface area contributed by atoms with Crippen LogP contribution in [0.5, 0.6) is 0 Å². The minimum atomic E-state index is -0.775. The molecule has 14 nitrogen and oxygen atoms in total. The number of nitrogens with one attached hydrogen (secondary N) is 6. The van der Waals surface area contributed by atoms with Crippen LogP contribution in [0.2, 0.25) is 0 Å². The summed E-state index contributed by atoms with van der Waals surface area (Å²) in [5, 5.41) is 17.1. The van der Waals surface area contributed by atoms with E-state index >= 15 is 0 Å². The maximum Gasteiger partial charge on any atom is 0.257 e. The standard InChI is InChI=1S/C45H64N8O6S3/c1-25(46-8)37(54)50-32-18-19-60-33-23-44(4,5)35(52(27(33)3)42(32)58)39(56)48-30-14-10-28(11-15-30)22-29-12-16-31(17-13-29)49-40(57)36-45(6,7)24-34-53(36)43(59)41(62-21-20-61-34)51-38(55)26(2)47-9/h10-17,25-27,32-36,41,46-47H,18-24H2,1-9H3,(H,48,56)(H,49,57)(H,50,54)(H,51,55)/t25-,26-,27?,32-,33-,34?,35+,36+,41-/m0/s1. The number of nitrogens with zero attached hydrogens (tertiary/aromatic N) is 2. The van der Waals surface area contributed by atoms with Crippen molar-refractivity contribution in [3.8, 4) is 0 Å². The van der Waals surface area contributed by atoms with E-state index in [1.165, 1.54) is 11.8 Å². The predicted octanol–water partition coefficient (Wildman–Crippen LogP) is 4.25. The predicted molar refractivity (Wildman–Crippen MR) is 251 cm³/mol. The average molecular weight is 909 g/mol. The van der Waals surface area contributed by atoms with Crippen LogP contribution < -0.4 is 31.9 Å². The Morgan fingerprint density at radius 2 is 1.18 bits per heavy atom. The van der Waals surface area contributed by atoms with Crippen LogP contribution in [0.4, 0.5) is 11.4 Å². The van der Waals surface area contributed by atoms with Crippen molar-refractivity contribution in [2.45, 2.75) is 126 Å². The Morgan fingerprint density at radius 1 is 0.677 bits per heavy atom. The Morgan fingerprint density at radius 3 is 1.73 bits per heavy atom. The summed E-state index contributed by atoms with van der Waals surface area (Å²) >= 11 is 4.89. The van der Waals surface area contributed by atoms with Gasteiger partial charge in [0.1, 0.15) is 18.1 Å². The van der Waals surface area contributed by atoms with Gasteiger partial charge in [-0.3, -0.25) is 28.8 Å². The number of fused-ring (bicyclic) bond motifs is 3. The molecule has 62 heavy (non-hydrogen) atoms. The third kappa shape index (κ3) is 10.6. The number of amides is 6. The molecule has 4 fully saturated rings. The zero-order valence-corrected chi connectivity index (χ0v) is 39.8. The molecule has 0 aromatic heterocycles. The first kappa shape index (κ1) is 47.7. The van der Waals surface area contributed by atoms with Gasteiger partial charge < -0.3 is 41.7 Å². The fourth-order valence-corrected chi connectivity index (χ4v) is 13.3. The van der Waals surface area contributed by atoms with Crippen molar-refractivity contribution in [3.05, 3.63) is 59.7 Å². The highest BCUT2D eigenvalue weighted by molar-refractivity contribution is 8.04. The highest BCUT2D eigenvalue weighted by atomic mass is 32.2.